The van der Waals surface area contributed by atoms with Crippen molar-refractivity contribution >= 4 is 23.4 Å². The van der Waals surface area contributed by atoms with Gasteiger partial charge < -0.3 is 10.1 Å². The van der Waals surface area contributed by atoms with E-state index >= 15 is 0 Å². The van der Waals surface area contributed by atoms with Crippen LogP contribution in [-0.2, 0) is 9.59 Å². The third-order valence-corrected chi connectivity index (χ3v) is 4.89. The number of benzene rings is 2. The lowest BCUT2D eigenvalue weighted by Crippen LogP contribution is -2.47. The fraction of sp³-hybridized carbons (Fsp3) is 0.348. The van der Waals surface area contributed by atoms with Crippen LogP contribution in [0.15, 0.2) is 48.5 Å². The van der Waals surface area contributed by atoms with Crippen molar-refractivity contribution in [2.24, 2.45) is 5.92 Å². The fourth-order valence-electron chi connectivity index (χ4n) is 2.78. The molecule has 0 aliphatic heterocycles. The highest BCUT2D eigenvalue weighted by Crippen LogP contribution is 2.30. The second kappa shape index (κ2) is 9.43. The van der Waals surface area contributed by atoms with Gasteiger partial charge in [-0.05, 0) is 67.6 Å². The van der Waals surface area contributed by atoms with Crippen LogP contribution in [0.1, 0.15) is 55.5 Å². The smallest absolute Gasteiger partial charge is 0.279 e. The van der Waals surface area contributed by atoms with Gasteiger partial charge in [0.25, 0.3) is 11.8 Å². The van der Waals surface area contributed by atoms with Crippen LogP contribution in [0, 0.1) is 5.92 Å². The Balaban J connectivity index is 1.46. The highest BCUT2D eigenvalue weighted by Gasteiger charge is 2.29. The summed E-state index contributed by atoms with van der Waals surface area (Å²) in [6, 6.07) is 14.0. The molecule has 0 bridgehead atoms. The third-order valence-electron chi connectivity index (χ3n) is 4.89. The van der Waals surface area contributed by atoms with Crippen LogP contribution >= 0.6 is 0 Å². The monoisotopic (exact) mass is 409 g/mol. The van der Waals surface area contributed by atoms with Crippen LogP contribution in [-0.4, -0.2) is 23.8 Å². The summed E-state index contributed by atoms with van der Waals surface area (Å²) >= 11 is 0. The second-order valence-corrected chi connectivity index (χ2v) is 7.77. The lowest BCUT2D eigenvalue weighted by molar-refractivity contribution is -0.128. The first-order valence-corrected chi connectivity index (χ1v) is 10.1. The zero-order valence-electron chi connectivity index (χ0n) is 17.4. The molecule has 2 aromatic rings. The molecule has 158 valence electrons. The van der Waals surface area contributed by atoms with E-state index < -0.39 is 17.9 Å². The van der Waals surface area contributed by atoms with Crippen LogP contribution in [0.2, 0.25) is 0 Å². The van der Waals surface area contributed by atoms with E-state index in [0.717, 1.165) is 12.8 Å². The number of carbonyl (C=O) groups is 3. The van der Waals surface area contributed by atoms with Crippen LogP contribution in [0.25, 0.3) is 0 Å². The average molecular weight is 409 g/mol. The molecule has 2 aromatic carbocycles. The number of nitrogens with one attached hydrogen (secondary N) is 3. The van der Waals surface area contributed by atoms with Crippen LogP contribution in [0.3, 0.4) is 0 Å². The minimum atomic E-state index is -0.782. The van der Waals surface area contributed by atoms with E-state index in [9.17, 15) is 14.4 Å². The number of hydrogen-bond donors (Lipinski definition) is 3. The lowest BCUT2D eigenvalue weighted by Gasteiger charge is -2.16. The Hall–Kier alpha value is -3.35. The molecule has 0 aromatic heterocycles. The van der Waals surface area contributed by atoms with Gasteiger partial charge in [0.2, 0.25) is 5.91 Å². The Bertz CT molecular complexity index is 903. The molecule has 0 radical (unpaired) electrons. The molecule has 0 spiro atoms. The molecule has 1 aliphatic rings. The predicted octanol–water partition coefficient (Wildman–Crippen LogP) is 3.39. The Morgan fingerprint density at radius 3 is 2.10 bits per heavy atom. The van der Waals surface area contributed by atoms with Crippen molar-refractivity contribution in [1.82, 2.24) is 10.9 Å². The molecule has 3 amide bonds. The maximum Gasteiger partial charge on any atom is 0.279 e. The first-order valence-electron chi connectivity index (χ1n) is 10.1. The number of amides is 3. The van der Waals surface area contributed by atoms with Gasteiger partial charge in [-0.1, -0.05) is 26.0 Å². The Labute approximate surface area is 176 Å². The zero-order chi connectivity index (χ0) is 21.7. The first-order chi connectivity index (χ1) is 14.3. The van der Waals surface area contributed by atoms with E-state index in [0.29, 0.717) is 22.9 Å². The molecule has 1 fully saturated rings. The molecule has 1 aliphatic carbocycles. The standard InChI is InChI=1S/C23H27N3O4/c1-14(2)16-8-12-20(13-9-16)30-15(3)21(27)25-26-23(29)18-6-10-19(11-7-18)24-22(28)17-4-5-17/h6-15,17H,4-5H2,1-3H3,(H,24,28)(H,25,27)(H,26,29)/t15-/m1/s1. The SMILES string of the molecule is CC(C)c1ccc(O[C@H](C)C(=O)NNC(=O)c2ccc(NC(=O)C3CC3)cc2)cc1. The van der Waals surface area contributed by atoms with E-state index in [-0.39, 0.29) is 11.8 Å². The molecule has 7 nitrogen and oxygen atoms in total. The highest BCUT2D eigenvalue weighted by atomic mass is 16.5. The van der Waals surface area contributed by atoms with Crippen molar-refractivity contribution in [1.29, 1.82) is 0 Å². The van der Waals surface area contributed by atoms with Crippen LogP contribution in [0.5, 0.6) is 5.75 Å². The number of anilines is 1. The van der Waals surface area contributed by atoms with Gasteiger partial charge in [0.1, 0.15) is 5.75 Å². The summed E-state index contributed by atoms with van der Waals surface area (Å²) in [5.41, 5.74) is 6.92. The van der Waals surface area contributed by atoms with Crippen LogP contribution < -0.4 is 20.9 Å². The van der Waals surface area contributed by atoms with Crippen molar-refractivity contribution in [2.45, 2.75) is 45.6 Å². The van der Waals surface area contributed by atoms with E-state index in [1.165, 1.54) is 5.56 Å². The number of rotatable bonds is 7. The first kappa shape index (κ1) is 21.4. The summed E-state index contributed by atoms with van der Waals surface area (Å²) in [5.74, 6) is 0.185. The summed E-state index contributed by atoms with van der Waals surface area (Å²) in [7, 11) is 0. The maximum absolute atomic E-state index is 12.2. The number of carbonyl (C=O) groups excluding carboxylic acids is 3. The summed E-state index contributed by atoms with van der Waals surface area (Å²) < 4.78 is 5.62. The average Bonchev–Trinajstić information content (AvgIpc) is 3.58. The molecule has 0 saturated heterocycles. The third kappa shape index (κ3) is 5.83. The van der Waals surface area contributed by atoms with E-state index in [1.54, 1.807) is 31.2 Å². The van der Waals surface area contributed by atoms with E-state index in [1.807, 2.05) is 24.3 Å². The molecule has 30 heavy (non-hydrogen) atoms. The zero-order valence-corrected chi connectivity index (χ0v) is 17.4. The molecular formula is C23H27N3O4. The lowest BCUT2D eigenvalue weighted by atomic mass is 10.0. The van der Waals surface area contributed by atoms with E-state index in [2.05, 4.69) is 30.0 Å². The topological polar surface area (TPSA) is 96.5 Å². The Morgan fingerprint density at radius 2 is 1.53 bits per heavy atom. The summed E-state index contributed by atoms with van der Waals surface area (Å²) in [6.45, 7) is 5.81. The van der Waals surface area contributed by atoms with Crippen molar-refractivity contribution < 1.29 is 19.1 Å². The van der Waals surface area contributed by atoms with Crippen molar-refractivity contribution in [3.8, 4) is 5.75 Å². The molecule has 0 unspecified atom stereocenters. The van der Waals surface area contributed by atoms with Crippen molar-refractivity contribution in [3.63, 3.8) is 0 Å². The molecule has 3 N–H and O–H groups in total. The Kier molecular flexibility index (Phi) is 6.72. The Morgan fingerprint density at radius 1 is 0.900 bits per heavy atom. The highest BCUT2D eigenvalue weighted by molar-refractivity contribution is 5.97. The molecular weight excluding hydrogens is 382 g/mol. The van der Waals surface area contributed by atoms with Gasteiger partial charge in [-0.2, -0.15) is 0 Å². The quantitative estimate of drug-likeness (QED) is 0.611. The molecule has 7 heteroatoms. The predicted molar refractivity (Wildman–Crippen MR) is 114 cm³/mol. The largest absolute Gasteiger partial charge is 0.481 e. The van der Waals surface area contributed by atoms with E-state index in [4.69, 9.17) is 4.74 Å². The maximum atomic E-state index is 12.2. The van der Waals surface area contributed by atoms with Crippen molar-refractivity contribution in [2.75, 3.05) is 5.32 Å². The number of hydrogen-bond acceptors (Lipinski definition) is 4. The normalized spacial score (nSPS) is 14.0. The fourth-order valence-corrected chi connectivity index (χ4v) is 2.78. The second-order valence-electron chi connectivity index (χ2n) is 7.77. The summed E-state index contributed by atoms with van der Waals surface area (Å²) in [6.07, 6.45) is 1.07. The number of ether oxygens (including phenoxy) is 1. The minimum absolute atomic E-state index is 0.00676. The van der Waals surface area contributed by atoms with Gasteiger partial charge in [0, 0.05) is 17.2 Å². The van der Waals surface area contributed by atoms with Gasteiger partial charge >= 0.3 is 0 Å². The van der Waals surface area contributed by atoms with Gasteiger partial charge in [-0.25, -0.2) is 0 Å². The molecule has 3 rings (SSSR count). The van der Waals surface area contributed by atoms with Crippen LogP contribution in [0.4, 0.5) is 5.69 Å². The molecule has 0 heterocycles. The number of hydrazine groups is 1. The van der Waals surface area contributed by atoms with Gasteiger partial charge in [0.15, 0.2) is 6.10 Å². The van der Waals surface area contributed by atoms with Crippen molar-refractivity contribution in [3.05, 3.63) is 59.7 Å². The van der Waals surface area contributed by atoms with Gasteiger partial charge in [-0.15, -0.1) is 0 Å². The molecule has 1 atom stereocenters. The summed E-state index contributed by atoms with van der Waals surface area (Å²) in [5, 5.41) is 2.81. The summed E-state index contributed by atoms with van der Waals surface area (Å²) in [4.78, 5) is 36.2. The minimum Gasteiger partial charge on any atom is -0.481 e. The molecule has 1 saturated carbocycles. The van der Waals surface area contributed by atoms with Gasteiger partial charge in [0.05, 0.1) is 0 Å². The van der Waals surface area contributed by atoms with Gasteiger partial charge in [-0.3, -0.25) is 25.2 Å².